The lowest BCUT2D eigenvalue weighted by atomic mass is 10.1. The summed E-state index contributed by atoms with van der Waals surface area (Å²) in [5, 5.41) is 3.15. The monoisotopic (exact) mass is 304 g/mol. The van der Waals surface area contributed by atoms with Crippen molar-refractivity contribution in [2.45, 2.75) is 13.8 Å². The van der Waals surface area contributed by atoms with E-state index >= 15 is 0 Å². The van der Waals surface area contributed by atoms with Crippen LogP contribution in [0.25, 0.3) is 0 Å². The normalized spacial score (nSPS) is 10.2. The molecule has 0 atom stereocenters. The van der Waals surface area contributed by atoms with Crippen LogP contribution in [0, 0.1) is 6.92 Å². The predicted molar refractivity (Wildman–Crippen MR) is 86.2 cm³/mol. The van der Waals surface area contributed by atoms with Crippen LogP contribution < -0.4 is 15.8 Å². The number of benzene rings is 2. The molecule has 0 fully saturated rings. The molecule has 2 aromatic carbocycles. The van der Waals surface area contributed by atoms with Crippen molar-refractivity contribution < 1.29 is 9.53 Å². The zero-order chi connectivity index (χ0) is 15.4. The van der Waals surface area contributed by atoms with Gasteiger partial charge in [0.2, 0.25) is 0 Å². The highest BCUT2D eigenvalue weighted by molar-refractivity contribution is 6.35. The fraction of sp³-hybridized carbons (Fsp3) is 0.188. The van der Waals surface area contributed by atoms with Gasteiger partial charge in [0.05, 0.1) is 17.2 Å². The van der Waals surface area contributed by atoms with Crippen molar-refractivity contribution in [3.8, 4) is 5.75 Å². The minimum atomic E-state index is -0.328. The van der Waals surface area contributed by atoms with Crippen molar-refractivity contribution in [1.29, 1.82) is 0 Å². The van der Waals surface area contributed by atoms with Crippen molar-refractivity contribution in [1.82, 2.24) is 0 Å². The lowest BCUT2D eigenvalue weighted by Gasteiger charge is -2.12. The quantitative estimate of drug-likeness (QED) is 0.842. The first-order valence-electron chi connectivity index (χ1n) is 6.61. The van der Waals surface area contributed by atoms with Crippen LogP contribution in [0.15, 0.2) is 36.4 Å². The highest BCUT2D eigenvalue weighted by Crippen LogP contribution is 2.25. The van der Waals surface area contributed by atoms with Gasteiger partial charge in [0.1, 0.15) is 5.75 Å². The summed E-state index contributed by atoms with van der Waals surface area (Å²) in [6.07, 6.45) is 0. The van der Waals surface area contributed by atoms with Crippen LogP contribution in [-0.4, -0.2) is 12.5 Å². The van der Waals surface area contributed by atoms with E-state index < -0.39 is 0 Å². The first kappa shape index (κ1) is 15.2. The fourth-order valence-corrected chi connectivity index (χ4v) is 2.27. The largest absolute Gasteiger partial charge is 0.494 e. The summed E-state index contributed by atoms with van der Waals surface area (Å²) in [5.74, 6) is 0.440. The first-order valence-corrected chi connectivity index (χ1v) is 6.99. The number of hydrogen-bond donors (Lipinski definition) is 2. The maximum Gasteiger partial charge on any atom is 0.259 e. The Kier molecular flexibility index (Phi) is 4.70. The van der Waals surface area contributed by atoms with Crippen LogP contribution in [-0.2, 0) is 0 Å². The summed E-state index contributed by atoms with van der Waals surface area (Å²) in [6, 6.07) is 10.5. The van der Waals surface area contributed by atoms with Gasteiger partial charge in [0.25, 0.3) is 5.91 Å². The van der Waals surface area contributed by atoms with Gasteiger partial charge in [-0.1, -0.05) is 17.7 Å². The molecule has 0 saturated carbocycles. The zero-order valence-corrected chi connectivity index (χ0v) is 12.7. The molecule has 0 bridgehead atoms. The number of nitrogens with one attached hydrogen (secondary N) is 1. The molecule has 0 aromatic heterocycles. The van der Waals surface area contributed by atoms with E-state index in [0.29, 0.717) is 23.0 Å². The average molecular weight is 305 g/mol. The number of nitrogens with two attached hydrogens (primary N) is 1. The second-order valence-electron chi connectivity index (χ2n) is 4.57. The van der Waals surface area contributed by atoms with E-state index in [4.69, 9.17) is 22.1 Å². The Bertz CT molecular complexity index is 651. The number of ether oxygens (including phenoxy) is 1. The number of amides is 1. The van der Waals surface area contributed by atoms with Gasteiger partial charge in [-0.25, -0.2) is 0 Å². The molecule has 2 rings (SSSR count). The molecule has 5 heteroatoms. The van der Waals surface area contributed by atoms with E-state index in [9.17, 15) is 4.79 Å². The summed E-state index contributed by atoms with van der Waals surface area (Å²) < 4.78 is 5.42. The molecule has 0 unspecified atom stereocenters. The second kappa shape index (κ2) is 6.50. The Morgan fingerprint density at radius 2 is 2.10 bits per heavy atom. The number of rotatable bonds is 4. The Labute approximate surface area is 128 Å². The molecule has 0 aliphatic heterocycles. The molecule has 21 heavy (non-hydrogen) atoms. The highest BCUT2D eigenvalue weighted by atomic mass is 35.5. The standard InChI is InChI=1S/C16H17ClN2O2/c1-3-21-11-7-8-14(10(2)9-11)19-16(20)15-12(17)5-4-6-13(15)18/h4-9H,3,18H2,1-2H3,(H,19,20). The first-order chi connectivity index (χ1) is 10.0. The van der Waals surface area contributed by atoms with E-state index in [0.717, 1.165) is 11.3 Å². The molecule has 0 aliphatic rings. The van der Waals surface area contributed by atoms with E-state index in [-0.39, 0.29) is 11.5 Å². The zero-order valence-electron chi connectivity index (χ0n) is 11.9. The van der Waals surface area contributed by atoms with Crippen molar-refractivity contribution in [3.05, 3.63) is 52.5 Å². The Morgan fingerprint density at radius 1 is 1.33 bits per heavy atom. The molecule has 110 valence electrons. The number of hydrogen-bond acceptors (Lipinski definition) is 3. The Morgan fingerprint density at radius 3 is 2.71 bits per heavy atom. The lowest BCUT2D eigenvalue weighted by molar-refractivity contribution is 0.102. The van der Waals surface area contributed by atoms with Crippen molar-refractivity contribution in [2.24, 2.45) is 0 Å². The number of nitrogen functional groups attached to an aromatic ring is 1. The molecule has 4 nitrogen and oxygen atoms in total. The Balaban J connectivity index is 2.24. The van der Waals surface area contributed by atoms with Crippen LogP contribution in [0.1, 0.15) is 22.8 Å². The number of carbonyl (C=O) groups excluding carboxylic acids is 1. The van der Waals surface area contributed by atoms with Crippen LogP contribution >= 0.6 is 11.6 Å². The molecule has 2 aromatic rings. The van der Waals surface area contributed by atoms with Gasteiger partial charge >= 0.3 is 0 Å². The number of anilines is 2. The van der Waals surface area contributed by atoms with Crippen LogP contribution in [0.4, 0.5) is 11.4 Å². The van der Waals surface area contributed by atoms with Gasteiger partial charge in [0.15, 0.2) is 0 Å². The molecule has 1 amide bonds. The third-order valence-electron chi connectivity index (χ3n) is 3.03. The van der Waals surface area contributed by atoms with E-state index in [1.54, 1.807) is 24.3 Å². The maximum atomic E-state index is 12.3. The maximum absolute atomic E-state index is 12.3. The molecular formula is C16H17ClN2O2. The molecular weight excluding hydrogens is 288 g/mol. The number of aryl methyl sites for hydroxylation is 1. The molecule has 0 radical (unpaired) electrons. The Hall–Kier alpha value is -2.20. The van der Waals surface area contributed by atoms with Crippen molar-refractivity contribution in [2.75, 3.05) is 17.7 Å². The van der Waals surface area contributed by atoms with Gasteiger partial charge in [-0.3, -0.25) is 4.79 Å². The third kappa shape index (κ3) is 3.47. The smallest absolute Gasteiger partial charge is 0.259 e. The summed E-state index contributed by atoms with van der Waals surface area (Å²) in [5.41, 5.74) is 8.05. The molecule has 0 saturated heterocycles. The number of carbonyl (C=O) groups is 1. The SMILES string of the molecule is CCOc1ccc(NC(=O)c2c(N)cccc2Cl)c(C)c1. The van der Waals surface area contributed by atoms with Crippen LogP contribution in [0.3, 0.4) is 0 Å². The molecule has 3 N–H and O–H groups in total. The summed E-state index contributed by atoms with van der Waals surface area (Å²) >= 11 is 6.04. The minimum absolute atomic E-state index is 0.285. The van der Waals surface area contributed by atoms with Crippen LogP contribution in [0.5, 0.6) is 5.75 Å². The van der Waals surface area contributed by atoms with Gasteiger partial charge in [0, 0.05) is 11.4 Å². The van der Waals surface area contributed by atoms with E-state index in [1.807, 2.05) is 26.0 Å². The molecule has 0 aliphatic carbocycles. The summed E-state index contributed by atoms with van der Waals surface area (Å²) in [6.45, 7) is 4.42. The number of halogens is 1. The summed E-state index contributed by atoms with van der Waals surface area (Å²) in [7, 11) is 0. The average Bonchev–Trinajstić information content (AvgIpc) is 2.42. The van der Waals surface area contributed by atoms with Gasteiger partial charge in [-0.15, -0.1) is 0 Å². The summed E-state index contributed by atoms with van der Waals surface area (Å²) in [4.78, 5) is 12.3. The van der Waals surface area contributed by atoms with E-state index in [2.05, 4.69) is 5.32 Å². The third-order valence-corrected chi connectivity index (χ3v) is 3.34. The van der Waals surface area contributed by atoms with E-state index in [1.165, 1.54) is 0 Å². The minimum Gasteiger partial charge on any atom is -0.494 e. The topological polar surface area (TPSA) is 64.3 Å². The lowest BCUT2D eigenvalue weighted by Crippen LogP contribution is -2.15. The predicted octanol–water partition coefficient (Wildman–Crippen LogP) is 3.88. The molecule has 0 spiro atoms. The van der Waals surface area contributed by atoms with Crippen LogP contribution in [0.2, 0.25) is 5.02 Å². The van der Waals surface area contributed by atoms with Crippen molar-refractivity contribution >= 4 is 28.9 Å². The van der Waals surface area contributed by atoms with Gasteiger partial charge in [-0.05, 0) is 49.7 Å². The fourth-order valence-electron chi connectivity index (χ4n) is 2.00. The second-order valence-corrected chi connectivity index (χ2v) is 4.98. The van der Waals surface area contributed by atoms with Crippen molar-refractivity contribution in [3.63, 3.8) is 0 Å². The molecule has 0 heterocycles. The van der Waals surface area contributed by atoms with Gasteiger partial charge in [-0.2, -0.15) is 0 Å². The van der Waals surface area contributed by atoms with Gasteiger partial charge < -0.3 is 15.8 Å². The highest BCUT2D eigenvalue weighted by Gasteiger charge is 2.15.